The number of nitrogens with one attached hydrogen (secondary N) is 1. The van der Waals surface area contributed by atoms with Crippen LogP contribution in [0.1, 0.15) is 38.7 Å². The van der Waals surface area contributed by atoms with E-state index in [9.17, 15) is 9.59 Å². The Kier molecular flexibility index (Phi) is 5.55. The first-order chi connectivity index (χ1) is 8.97. The number of aliphatic carboxylic acids is 1. The zero-order chi connectivity index (χ0) is 14.4. The molecule has 19 heavy (non-hydrogen) atoms. The van der Waals surface area contributed by atoms with Gasteiger partial charge in [0.25, 0.3) is 0 Å². The second-order valence-electron chi connectivity index (χ2n) is 4.80. The summed E-state index contributed by atoms with van der Waals surface area (Å²) in [5, 5.41) is 11.7. The Labute approximate surface area is 113 Å². The quantitative estimate of drug-likeness (QED) is 0.828. The molecule has 0 bridgehead atoms. The molecule has 0 fully saturated rings. The zero-order valence-electron chi connectivity index (χ0n) is 11.6. The first-order valence-corrected chi connectivity index (χ1v) is 6.55. The molecule has 0 aliphatic heterocycles. The van der Waals surface area contributed by atoms with E-state index in [1.54, 1.807) is 13.8 Å². The van der Waals surface area contributed by atoms with Crippen LogP contribution in [0.5, 0.6) is 0 Å². The fraction of sp³-hybridized carbons (Fsp3) is 0.467. The van der Waals surface area contributed by atoms with Gasteiger partial charge >= 0.3 is 5.97 Å². The maximum absolute atomic E-state index is 12.2. The largest absolute Gasteiger partial charge is 0.481 e. The summed E-state index contributed by atoms with van der Waals surface area (Å²) in [4.78, 5) is 23.1. The number of carboxylic acids is 1. The van der Waals surface area contributed by atoms with Gasteiger partial charge in [0, 0.05) is 6.04 Å². The SMILES string of the molecule is CCC(C(=O)NC(C)C(C)C(=O)O)c1ccccc1. The van der Waals surface area contributed by atoms with E-state index in [1.807, 2.05) is 37.3 Å². The van der Waals surface area contributed by atoms with Crippen LogP contribution in [0.2, 0.25) is 0 Å². The van der Waals surface area contributed by atoms with Gasteiger partial charge in [0.05, 0.1) is 11.8 Å². The van der Waals surface area contributed by atoms with Crippen LogP contribution >= 0.6 is 0 Å². The van der Waals surface area contributed by atoms with Gasteiger partial charge in [-0.05, 0) is 25.8 Å². The second kappa shape index (κ2) is 6.92. The average molecular weight is 263 g/mol. The highest BCUT2D eigenvalue weighted by atomic mass is 16.4. The number of carboxylic acid groups (broad SMARTS) is 1. The molecule has 3 unspecified atom stereocenters. The second-order valence-corrected chi connectivity index (χ2v) is 4.80. The van der Waals surface area contributed by atoms with Crippen LogP contribution in [0, 0.1) is 5.92 Å². The van der Waals surface area contributed by atoms with E-state index in [1.165, 1.54) is 0 Å². The van der Waals surface area contributed by atoms with Crippen molar-refractivity contribution in [2.75, 3.05) is 0 Å². The van der Waals surface area contributed by atoms with Crippen molar-refractivity contribution in [3.63, 3.8) is 0 Å². The third-order valence-electron chi connectivity index (χ3n) is 3.44. The molecule has 1 aromatic rings. The number of rotatable bonds is 6. The highest BCUT2D eigenvalue weighted by molar-refractivity contribution is 5.84. The van der Waals surface area contributed by atoms with Crippen molar-refractivity contribution in [3.8, 4) is 0 Å². The first kappa shape index (κ1) is 15.2. The van der Waals surface area contributed by atoms with Gasteiger partial charge in [0.2, 0.25) is 5.91 Å². The lowest BCUT2D eigenvalue weighted by Crippen LogP contribution is -2.42. The maximum atomic E-state index is 12.2. The predicted octanol–water partition coefficient (Wildman–Crippen LogP) is 2.41. The fourth-order valence-corrected chi connectivity index (χ4v) is 1.92. The summed E-state index contributed by atoms with van der Waals surface area (Å²) >= 11 is 0. The van der Waals surface area contributed by atoms with Gasteiger partial charge < -0.3 is 10.4 Å². The van der Waals surface area contributed by atoms with Crippen molar-refractivity contribution >= 4 is 11.9 Å². The molecule has 0 radical (unpaired) electrons. The highest BCUT2D eigenvalue weighted by Crippen LogP contribution is 2.19. The lowest BCUT2D eigenvalue weighted by Gasteiger charge is -2.22. The number of benzene rings is 1. The molecule has 4 nitrogen and oxygen atoms in total. The minimum Gasteiger partial charge on any atom is -0.481 e. The Hall–Kier alpha value is -1.84. The minimum atomic E-state index is -0.902. The Balaban J connectivity index is 2.73. The van der Waals surface area contributed by atoms with Crippen LogP contribution in [0.3, 0.4) is 0 Å². The van der Waals surface area contributed by atoms with Gasteiger partial charge in [-0.25, -0.2) is 0 Å². The summed E-state index contributed by atoms with van der Waals surface area (Å²) < 4.78 is 0. The van der Waals surface area contributed by atoms with E-state index in [-0.39, 0.29) is 17.9 Å². The molecule has 1 amide bonds. The molecule has 2 N–H and O–H groups in total. The Morgan fingerprint density at radius 3 is 2.26 bits per heavy atom. The van der Waals surface area contributed by atoms with Crippen molar-refractivity contribution in [1.82, 2.24) is 5.32 Å². The summed E-state index contributed by atoms with van der Waals surface area (Å²) in [6, 6.07) is 9.15. The third-order valence-corrected chi connectivity index (χ3v) is 3.44. The lowest BCUT2D eigenvalue weighted by atomic mass is 9.94. The van der Waals surface area contributed by atoms with Crippen LogP contribution in [0.25, 0.3) is 0 Å². The van der Waals surface area contributed by atoms with Crippen LogP contribution in [-0.4, -0.2) is 23.0 Å². The van der Waals surface area contributed by atoms with Gasteiger partial charge in [-0.3, -0.25) is 9.59 Å². The normalized spacial score (nSPS) is 15.3. The number of amides is 1. The molecule has 0 saturated heterocycles. The van der Waals surface area contributed by atoms with Gasteiger partial charge in [-0.15, -0.1) is 0 Å². The smallest absolute Gasteiger partial charge is 0.308 e. The standard InChI is InChI=1S/C15H21NO3/c1-4-13(12-8-6-5-7-9-12)14(17)16-11(3)10(2)15(18)19/h5-11,13H,4H2,1-3H3,(H,16,17)(H,18,19). The molecule has 1 rings (SSSR count). The molecule has 3 atom stereocenters. The molecule has 0 heterocycles. The summed E-state index contributed by atoms with van der Waals surface area (Å²) in [7, 11) is 0. The predicted molar refractivity (Wildman–Crippen MR) is 73.9 cm³/mol. The Morgan fingerprint density at radius 1 is 1.21 bits per heavy atom. The lowest BCUT2D eigenvalue weighted by molar-refractivity contribution is -0.142. The molecule has 104 valence electrons. The van der Waals surface area contributed by atoms with Gasteiger partial charge in [0.1, 0.15) is 0 Å². The van der Waals surface area contributed by atoms with Crippen molar-refractivity contribution in [1.29, 1.82) is 0 Å². The van der Waals surface area contributed by atoms with Crippen LogP contribution in [0.4, 0.5) is 0 Å². The van der Waals surface area contributed by atoms with E-state index in [2.05, 4.69) is 5.32 Å². The van der Waals surface area contributed by atoms with Crippen LogP contribution in [0.15, 0.2) is 30.3 Å². The van der Waals surface area contributed by atoms with E-state index in [4.69, 9.17) is 5.11 Å². The Morgan fingerprint density at radius 2 is 1.79 bits per heavy atom. The summed E-state index contributed by atoms with van der Waals surface area (Å²) in [6.45, 7) is 5.26. The summed E-state index contributed by atoms with van der Waals surface area (Å²) in [5.74, 6) is -1.85. The van der Waals surface area contributed by atoms with E-state index in [0.717, 1.165) is 5.56 Å². The summed E-state index contributed by atoms with van der Waals surface area (Å²) in [6.07, 6.45) is 0.685. The maximum Gasteiger partial charge on any atom is 0.308 e. The number of hydrogen-bond acceptors (Lipinski definition) is 2. The number of carbonyl (C=O) groups is 2. The molecular weight excluding hydrogens is 242 g/mol. The van der Waals surface area contributed by atoms with Crippen LogP contribution < -0.4 is 5.32 Å². The number of hydrogen-bond donors (Lipinski definition) is 2. The minimum absolute atomic E-state index is 0.116. The van der Waals surface area contributed by atoms with Crippen molar-refractivity contribution in [2.45, 2.75) is 39.2 Å². The van der Waals surface area contributed by atoms with E-state index in [0.29, 0.717) is 6.42 Å². The summed E-state index contributed by atoms with van der Waals surface area (Å²) in [5.41, 5.74) is 0.956. The molecular formula is C15H21NO3. The average Bonchev–Trinajstić information content (AvgIpc) is 2.39. The molecule has 4 heteroatoms. The first-order valence-electron chi connectivity index (χ1n) is 6.55. The fourth-order valence-electron chi connectivity index (χ4n) is 1.92. The van der Waals surface area contributed by atoms with Gasteiger partial charge in [-0.1, -0.05) is 37.3 Å². The monoisotopic (exact) mass is 263 g/mol. The molecule has 0 aliphatic rings. The van der Waals surface area contributed by atoms with E-state index >= 15 is 0 Å². The van der Waals surface area contributed by atoms with E-state index < -0.39 is 11.9 Å². The number of carbonyl (C=O) groups excluding carboxylic acids is 1. The molecule has 0 spiro atoms. The third kappa shape index (κ3) is 4.09. The van der Waals surface area contributed by atoms with Crippen molar-refractivity contribution in [3.05, 3.63) is 35.9 Å². The van der Waals surface area contributed by atoms with Gasteiger partial charge in [-0.2, -0.15) is 0 Å². The molecule has 0 aliphatic carbocycles. The van der Waals surface area contributed by atoms with Crippen LogP contribution in [-0.2, 0) is 9.59 Å². The topological polar surface area (TPSA) is 66.4 Å². The Bertz CT molecular complexity index is 430. The molecule has 1 aromatic carbocycles. The van der Waals surface area contributed by atoms with Crippen molar-refractivity contribution in [2.24, 2.45) is 5.92 Å². The van der Waals surface area contributed by atoms with Crippen molar-refractivity contribution < 1.29 is 14.7 Å². The highest BCUT2D eigenvalue weighted by Gasteiger charge is 2.25. The molecule has 0 saturated carbocycles. The molecule has 0 aromatic heterocycles. The zero-order valence-corrected chi connectivity index (χ0v) is 11.6. The van der Waals surface area contributed by atoms with Gasteiger partial charge in [0.15, 0.2) is 0 Å².